The van der Waals surface area contributed by atoms with Crippen LogP contribution in [0.3, 0.4) is 0 Å². The van der Waals surface area contributed by atoms with E-state index in [-0.39, 0.29) is 24.2 Å². The number of hydrogen-bond acceptors (Lipinski definition) is 3. The van der Waals surface area contributed by atoms with Crippen LogP contribution in [0.4, 0.5) is 10.1 Å². The van der Waals surface area contributed by atoms with E-state index in [4.69, 9.17) is 16.7 Å². The zero-order valence-corrected chi connectivity index (χ0v) is 12.7. The molecule has 0 radical (unpaired) electrons. The van der Waals surface area contributed by atoms with Gasteiger partial charge in [0.2, 0.25) is 5.91 Å². The largest absolute Gasteiger partial charge is 0.396 e. The lowest BCUT2D eigenvalue weighted by Gasteiger charge is -2.34. The Hall–Kier alpha value is -1.17. The molecule has 2 rings (SSSR count). The number of amides is 1. The molecule has 1 atom stereocenters. The summed E-state index contributed by atoms with van der Waals surface area (Å²) in [5, 5.41) is 12.1. The SMILES string of the molecule is CC(C(=O)Nc1cc(Cl)ccc1F)N1CCC(CO)CC1. The highest BCUT2D eigenvalue weighted by Gasteiger charge is 2.26. The molecule has 1 aliphatic heterocycles. The molecule has 1 saturated heterocycles. The Morgan fingerprint density at radius 3 is 2.81 bits per heavy atom. The molecule has 21 heavy (non-hydrogen) atoms. The quantitative estimate of drug-likeness (QED) is 0.898. The van der Waals surface area contributed by atoms with E-state index < -0.39 is 5.82 Å². The van der Waals surface area contributed by atoms with Gasteiger partial charge in [0.25, 0.3) is 0 Å². The van der Waals surface area contributed by atoms with Gasteiger partial charge in [-0.1, -0.05) is 11.6 Å². The fourth-order valence-corrected chi connectivity index (χ4v) is 2.69. The highest BCUT2D eigenvalue weighted by atomic mass is 35.5. The van der Waals surface area contributed by atoms with Gasteiger partial charge in [-0.3, -0.25) is 9.69 Å². The molecule has 1 heterocycles. The van der Waals surface area contributed by atoms with Crippen molar-refractivity contribution in [2.75, 3.05) is 25.0 Å². The van der Waals surface area contributed by atoms with Crippen molar-refractivity contribution in [3.63, 3.8) is 0 Å². The molecule has 0 aromatic heterocycles. The van der Waals surface area contributed by atoms with E-state index in [0.717, 1.165) is 25.9 Å². The number of nitrogens with one attached hydrogen (secondary N) is 1. The number of rotatable bonds is 4. The summed E-state index contributed by atoms with van der Waals surface area (Å²) in [5.41, 5.74) is 0.101. The molecule has 4 nitrogen and oxygen atoms in total. The van der Waals surface area contributed by atoms with Gasteiger partial charge in [0.1, 0.15) is 5.82 Å². The van der Waals surface area contributed by atoms with E-state index in [0.29, 0.717) is 10.9 Å². The van der Waals surface area contributed by atoms with Crippen LogP contribution in [0.5, 0.6) is 0 Å². The summed E-state index contributed by atoms with van der Waals surface area (Å²) in [6, 6.07) is 3.73. The molecular formula is C15H20ClFN2O2. The molecule has 116 valence electrons. The second-order valence-corrected chi connectivity index (χ2v) is 5.89. The van der Waals surface area contributed by atoms with Crippen molar-refractivity contribution < 1.29 is 14.3 Å². The zero-order chi connectivity index (χ0) is 15.4. The van der Waals surface area contributed by atoms with Crippen LogP contribution in [0.1, 0.15) is 19.8 Å². The number of anilines is 1. The molecule has 1 aliphatic rings. The van der Waals surface area contributed by atoms with Crippen LogP contribution in [0.15, 0.2) is 18.2 Å². The molecule has 0 aliphatic carbocycles. The molecule has 1 aromatic carbocycles. The van der Waals surface area contributed by atoms with Crippen molar-refractivity contribution in [2.45, 2.75) is 25.8 Å². The van der Waals surface area contributed by atoms with Gasteiger partial charge in [0.15, 0.2) is 0 Å². The molecular weight excluding hydrogens is 295 g/mol. The molecule has 6 heteroatoms. The standard InChI is InChI=1S/C15H20ClFN2O2/c1-10(19-6-4-11(9-20)5-7-19)15(21)18-14-8-12(16)2-3-13(14)17/h2-3,8,10-11,20H,4-7,9H2,1H3,(H,18,21). The number of aliphatic hydroxyl groups is 1. The smallest absolute Gasteiger partial charge is 0.241 e. The maximum atomic E-state index is 13.6. The van der Waals surface area contributed by atoms with Gasteiger partial charge >= 0.3 is 0 Å². The third-order valence-corrected chi connectivity index (χ3v) is 4.26. The molecule has 0 bridgehead atoms. The van der Waals surface area contributed by atoms with E-state index >= 15 is 0 Å². The monoisotopic (exact) mass is 314 g/mol. The van der Waals surface area contributed by atoms with Gasteiger partial charge < -0.3 is 10.4 Å². The molecule has 0 spiro atoms. The van der Waals surface area contributed by atoms with Gasteiger partial charge in [-0.15, -0.1) is 0 Å². The van der Waals surface area contributed by atoms with Gasteiger partial charge in [-0.25, -0.2) is 4.39 Å². The van der Waals surface area contributed by atoms with Gasteiger partial charge in [0.05, 0.1) is 11.7 Å². The lowest BCUT2D eigenvalue weighted by molar-refractivity contribution is -0.121. The normalized spacial score (nSPS) is 18.5. The number of nitrogens with zero attached hydrogens (tertiary/aromatic N) is 1. The summed E-state index contributed by atoms with van der Waals surface area (Å²) in [4.78, 5) is 14.3. The molecule has 1 unspecified atom stereocenters. The molecule has 1 fully saturated rings. The number of halogens is 2. The molecule has 1 amide bonds. The van der Waals surface area contributed by atoms with Crippen molar-refractivity contribution >= 4 is 23.2 Å². The van der Waals surface area contributed by atoms with Gasteiger partial charge in [0, 0.05) is 11.6 Å². The first kappa shape index (κ1) is 16.2. The summed E-state index contributed by atoms with van der Waals surface area (Å²) < 4.78 is 13.6. The second-order valence-electron chi connectivity index (χ2n) is 5.45. The lowest BCUT2D eigenvalue weighted by atomic mass is 9.97. The maximum absolute atomic E-state index is 13.6. The minimum atomic E-state index is -0.501. The fourth-order valence-electron chi connectivity index (χ4n) is 2.52. The Morgan fingerprint density at radius 1 is 1.52 bits per heavy atom. The van der Waals surface area contributed by atoms with Crippen molar-refractivity contribution in [3.8, 4) is 0 Å². The van der Waals surface area contributed by atoms with E-state index in [1.165, 1.54) is 18.2 Å². The minimum Gasteiger partial charge on any atom is -0.396 e. The highest BCUT2D eigenvalue weighted by Crippen LogP contribution is 2.22. The van der Waals surface area contributed by atoms with E-state index in [1.54, 1.807) is 6.92 Å². The average Bonchev–Trinajstić information content (AvgIpc) is 2.50. The Kier molecular flexibility index (Phi) is 5.56. The first-order chi connectivity index (χ1) is 10.0. The number of hydrogen-bond donors (Lipinski definition) is 2. The van der Waals surface area contributed by atoms with Crippen molar-refractivity contribution in [3.05, 3.63) is 29.0 Å². The summed E-state index contributed by atoms with van der Waals surface area (Å²) in [6.07, 6.45) is 1.75. The van der Waals surface area contributed by atoms with Crippen LogP contribution in [0.25, 0.3) is 0 Å². The van der Waals surface area contributed by atoms with Gasteiger partial charge in [-0.05, 0) is 57.0 Å². The number of carbonyl (C=O) groups excluding carboxylic acids is 1. The van der Waals surface area contributed by atoms with E-state index in [1.807, 2.05) is 4.90 Å². The summed E-state index contributed by atoms with van der Waals surface area (Å²) >= 11 is 5.81. The van der Waals surface area contributed by atoms with E-state index in [2.05, 4.69) is 5.32 Å². The van der Waals surface area contributed by atoms with Crippen LogP contribution in [-0.2, 0) is 4.79 Å². The Labute approximate surface area is 128 Å². The van der Waals surface area contributed by atoms with Crippen LogP contribution in [0, 0.1) is 11.7 Å². The lowest BCUT2D eigenvalue weighted by Crippen LogP contribution is -2.46. The van der Waals surface area contributed by atoms with E-state index in [9.17, 15) is 9.18 Å². The second kappa shape index (κ2) is 7.20. The molecule has 1 aromatic rings. The number of aliphatic hydroxyl groups excluding tert-OH is 1. The van der Waals surface area contributed by atoms with Crippen LogP contribution in [0.2, 0.25) is 5.02 Å². The Bertz CT molecular complexity index is 504. The number of piperidine rings is 1. The Morgan fingerprint density at radius 2 is 2.19 bits per heavy atom. The average molecular weight is 315 g/mol. The maximum Gasteiger partial charge on any atom is 0.241 e. The minimum absolute atomic E-state index is 0.101. The van der Waals surface area contributed by atoms with Crippen molar-refractivity contribution in [1.82, 2.24) is 4.90 Å². The number of likely N-dealkylation sites (tertiary alicyclic amines) is 1. The van der Waals surface area contributed by atoms with Crippen LogP contribution < -0.4 is 5.32 Å². The summed E-state index contributed by atoms with van der Waals surface area (Å²) in [6.45, 7) is 3.52. The van der Waals surface area contributed by atoms with Crippen LogP contribution in [-0.4, -0.2) is 41.7 Å². The van der Waals surface area contributed by atoms with Crippen molar-refractivity contribution in [2.24, 2.45) is 5.92 Å². The third-order valence-electron chi connectivity index (χ3n) is 4.02. The first-order valence-electron chi connectivity index (χ1n) is 7.12. The Balaban J connectivity index is 1.95. The topological polar surface area (TPSA) is 52.6 Å². The van der Waals surface area contributed by atoms with Crippen LogP contribution >= 0.6 is 11.6 Å². The summed E-state index contributed by atoms with van der Waals surface area (Å²) in [7, 11) is 0. The third kappa shape index (κ3) is 4.15. The summed E-state index contributed by atoms with van der Waals surface area (Å²) in [5.74, 6) is -0.431. The number of carbonyl (C=O) groups is 1. The highest BCUT2D eigenvalue weighted by molar-refractivity contribution is 6.30. The van der Waals surface area contributed by atoms with Gasteiger partial charge in [-0.2, -0.15) is 0 Å². The predicted molar refractivity (Wildman–Crippen MR) is 80.9 cm³/mol. The number of benzene rings is 1. The predicted octanol–water partition coefficient (Wildman–Crippen LogP) is 2.51. The molecule has 0 saturated carbocycles. The molecule has 2 N–H and O–H groups in total. The van der Waals surface area contributed by atoms with Crippen molar-refractivity contribution in [1.29, 1.82) is 0 Å². The fraction of sp³-hybridized carbons (Fsp3) is 0.533. The first-order valence-corrected chi connectivity index (χ1v) is 7.50. The zero-order valence-electron chi connectivity index (χ0n) is 12.0.